The monoisotopic (exact) mass is 293 g/mol. The molecular formula is C15H23N3O3. The van der Waals surface area contributed by atoms with Crippen LogP contribution in [0.1, 0.15) is 49.5 Å². The normalized spacial score (nSPS) is 25.4. The first-order valence-electron chi connectivity index (χ1n) is 7.43. The lowest BCUT2D eigenvalue weighted by Gasteiger charge is -2.36. The standard InChI is InChI=1S/C15H23N3O3/c1-3-11-4-6-15(20,7-5-11)10-17-13-9-16-8-12(18-13)14(19)21-2/h8-9,11,20H,3-7,10H2,1-2H3,(H,17,18). The Kier molecular flexibility index (Phi) is 5.12. The third-order valence-electron chi connectivity index (χ3n) is 4.24. The van der Waals surface area contributed by atoms with Crippen LogP contribution in [0.5, 0.6) is 0 Å². The van der Waals surface area contributed by atoms with E-state index >= 15 is 0 Å². The summed E-state index contributed by atoms with van der Waals surface area (Å²) in [6.45, 7) is 2.62. The van der Waals surface area contributed by atoms with Gasteiger partial charge >= 0.3 is 5.97 Å². The van der Waals surface area contributed by atoms with Gasteiger partial charge in [-0.15, -0.1) is 0 Å². The number of nitrogens with one attached hydrogen (secondary N) is 1. The number of aliphatic hydroxyl groups is 1. The van der Waals surface area contributed by atoms with Crippen LogP contribution in [-0.4, -0.2) is 40.3 Å². The quantitative estimate of drug-likeness (QED) is 0.808. The molecule has 0 amide bonds. The minimum Gasteiger partial charge on any atom is -0.464 e. The first-order chi connectivity index (χ1) is 10.1. The number of anilines is 1. The smallest absolute Gasteiger partial charge is 0.358 e. The lowest BCUT2D eigenvalue weighted by molar-refractivity contribution is 0.00222. The van der Waals surface area contributed by atoms with Crippen LogP contribution in [0.25, 0.3) is 0 Å². The van der Waals surface area contributed by atoms with Crippen molar-refractivity contribution in [3.63, 3.8) is 0 Å². The highest BCUT2D eigenvalue weighted by Crippen LogP contribution is 2.33. The van der Waals surface area contributed by atoms with Crippen molar-refractivity contribution in [3.05, 3.63) is 18.1 Å². The lowest BCUT2D eigenvalue weighted by atomic mass is 9.78. The second-order valence-corrected chi connectivity index (χ2v) is 5.71. The van der Waals surface area contributed by atoms with Crippen molar-refractivity contribution in [3.8, 4) is 0 Å². The van der Waals surface area contributed by atoms with Crippen LogP contribution >= 0.6 is 0 Å². The van der Waals surface area contributed by atoms with Crippen LogP contribution in [-0.2, 0) is 4.74 Å². The highest BCUT2D eigenvalue weighted by Gasteiger charge is 2.32. The van der Waals surface area contributed by atoms with Crippen molar-refractivity contribution in [2.24, 2.45) is 5.92 Å². The van der Waals surface area contributed by atoms with Gasteiger partial charge < -0.3 is 15.2 Å². The van der Waals surface area contributed by atoms with Crippen LogP contribution < -0.4 is 5.32 Å². The van der Waals surface area contributed by atoms with E-state index in [1.165, 1.54) is 25.9 Å². The van der Waals surface area contributed by atoms with E-state index in [-0.39, 0.29) is 5.69 Å². The number of esters is 1. The first kappa shape index (κ1) is 15.7. The molecule has 116 valence electrons. The van der Waals surface area contributed by atoms with Gasteiger partial charge in [0, 0.05) is 6.54 Å². The Morgan fingerprint density at radius 3 is 2.81 bits per heavy atom. The van der Waals surface area contributed by atoms with Crippen LogP contribution in [0.2, 0.25) is 0 Å². The van der Waals surface area contributed by atoms with Crippen molar-refractivity contribution in [2.75, 3.05) is 19.0 Å². The number of carbonyl (C=O) groups is 1. The van der Waals surface area contributed by atoms with Gasteiger partial charge in [0.05, 0.1) is 25.1 Å². The fourth-order valence-electron chi connectivity index (χ4n) is 2.71. The molecule has 0 unspecified atom stereocenters. The molecule has 0 radical (unpaired) electrons. The molecule has 1 heterocycles. The molecule has 1 saturated carbocycles. The molecule has 0 aromatic carbocycles. The third kappa shape index (κ3) is 4.14. The van der Waals surface area contributed by atoms with E-state index in [0.717, 1.165) is 31.6 Å². The maximum absolute atomic E-state index is 11.4. The van der Waals surface area contributed by atoms with E-state index in [0.29, 0.717) is 12.4 Å². The van der Waals surface area contributed by atoms with E-state index in [1.807, 2.05) is 0 Å². The summed E-state index contributed by atoms with van der Waals surface area (Å²) in [6.07, 6.45) is 7.78. The molecule has 0 aliphatic heterocycles. The number of methoxy groups -OCH3 is 1. The summed E-state index contributed by atoms with van der Waals surface area (Å²) in [4.78, 5) is 19.5. The van der Waals surface area contributed by atoms with E-state index in [4.69, 9.17) is 0 Å². The van der Waals surface area contributed by atoms with Gasteiger partial charge in [-0.1, -0.05) is 13.3 Å². The molecular weight excluding hydrogens is 270 g/mol. The summed E-state index contributed by atoms with van der Waals surface area (Å²) < 4.78 is 4.61. The Morgan fingerprint density at radius 2 is 2.19 bits per heavy atom. The molecule has 0 bridgehead atoms. The second kappa shape index (κ2) is 6.85. The molecule has 1 aromatic heterocycles. The van der Waals surface area contributed by atoms with E-state index < -0.39 is 11.6 Å². The molecule has 2 rings (SSSR count). The number of aromatic nitrogens is 2. The van der Waals surface area contributed by atoms with Crippen molar-refractivity contribution in [1.29, 1.82) is 0 Å². The van der Waals surface area contributed by atoms with Crippen molar-refractivity contribution in [1.82, 2.24) is 9.97 Å². The number of hydrogen-bond acceptors (Lipinski definition) is 6. The molecule has 1 fully saturated rings. The molecule has 6 nitrogen and oxygen atoms in total. The third-order valence-corrected chi connectivity index (χ3v) is 4.24. The second-order valence-electron chi connectivity index (χ2n) is 5.71. The lowest BCUT2D eigenvalue weighted by Crippen LogP contribution is -2.40. The van der Waals surface area contributed by atoms with Gasteiger partial charge in [-0.2, -0.15) is 0 Å². The summed E-state index contributed by atoms with van der Waals surface area (Å²) in [5.41, 5.74) is -0.543. The van der Waals surface area contributed by atoms with Gasteiger partial charge in [-0.05, 0) is 31.6 Å². The minimum atomic E-state index is -0.700. The SMILES string of the molecule is CCC1CCC(O)(CNc2cncc(C(=O)OC)n2)CC1. The fourth-order valence-corrected chi connectivity index (χ4v) is 2.71. The Hall–Kier alpha value is -1.69. The van der Waals surface area contributed by atoms with Crippen molar-refractivity contribution < 1.29 is 14.6 Å². The summed E-state index contributed by atoms with van der Waals surface area (Å²) >= 11 is 0. The summed E-state index contributed by atoms with van der Waals surface area (Å²) in [5.74, 6) is 0.685. The van der Waals surface area contributed by atoms with Gasteiger partial charge in [-0.25, -0.2) is 9.78 Å². The number of ether oxygens (including phenoxy) is 1. The zero-order valence-corrected chi connectivity index (χ0v) is 12.6. The molecule has 21 heavy (non-hydrogen) atoms. The Bertz CT molecular complexity index is 485. The Balaban J connectivity index is 1.92. The molecule has 1 aliphatic rings. The molecule has 1 aromatic rings. The van der Waals surface area contributed by atoms with Crippen LogP contribution in [0.15, 0.2) is 12.4 Å². The van der Waals surface area contributed by atoms with E-state index in [9.17, 15) is 9.90 Å². The fraction of sp³-hybridized carbons (Fsp3) is 0.667. The van der Waals surface area contributed by atoms with E-state index in [2.05, 4.69) is 26.9 Å². The Morgan fingerprint density at radius 1 is 1.48 bits per heavy atom. The van der Waals surface area contributed by atoms with Gasteiger partial charge in [0.25, 0.3) is 0 Å². The molecule has 0 spiro atoms. The number of hydrogen-bond donors (Lipinski definition) is 2. The predicted octanol–water partition coefficient (Wildman–Crippen LogP) is 2.01. The molecule has 0 atom stereocenters. The summed E-state index contributed by atoms with van der Waals surface area (Å²) in [7, 11) is 1.30. The Labute approximate surface area is 124 Å². The zero-order chi connectivity index (χ0) is 15.3. The topological polar surface area (TPSA) is 84.3 Å². The number of nitrogens with zero attached hydrogens (tertiary/aromatic N) is 2. The maximum atomic E-state index is 11.4. The van der Waals surface area contributed by atoms with Gasteiger partial charge in [-0.3, -0.25) is 4.98 Å². The largest absolute Gasteiger partial charge is 0.464 e. The molecule has 1 aliphatic carbocycles. The highest BCUT2D eigenvalue weighted by molar-refractivity contribution is 5.87. The van der Waals surface area contributed by atoms with Gasteiger partial charge in [0.1, 0.15) is 5.82 Å². The van der Waals surface area contributed by atoms with Gasteiger partial charge in [0.15, 0.2) is 5.69 Å². The van der Waals surface area contributed by atoms with E-state index in [1.54, 1.807) is 0 Å². The summed E-state index contributed by atoms with van der Waals surface area (Å²) in [6, 6.07) is 0. The summed E-state index contributed by atoms with van der Waals surface area (Å²) in [5, 5.41) is 13.6. The first-order valence-corrected chi connectivity index (χ1v) is 7.43. The maximum Gasteiger partial charge on any atom is 0.358 e. The zero-order valence-electron chi connectivity index (χ0n) is 12.6. The molecule has 6 heteroatoms. The van der Waals surface area contributed by atoms with Crippen LogP contribution in [0.3, 0.4) is 0 Å². The number of rotatable bonds is 5. The predicted molar refractivity (Wildman–Crippen MR) is 79.1 cm³/mol. The van der Waals surface area contributed by atoms with Gasteiger partial charge in [0.2, 0.25) is 0 Å². The van der Waals surface area contributed by atoms with Crippen LogP contribution in [0.4, 0.5) is 5.82 Å². The average molecular weight is 293 g/mol. The average Bonchev–Trinajstić information content (AvgIpc) is 2.53. The molecule has 0 saturated heterocycles. The number of carbonyl (C=O) groups excluding carboxylic acids is 1. The highest BCUT2D eigenvalue weighted by atomic mass is 16.5. The van der Waals surface area contributed by atoms with Crippen LogP contribution in [0, 0.1) is 5.92 Å². The molecule has 2 N–H and O–H groups in total. The van der Waals surface area contributed by atoms with Crippen molar-refractivity contribution in [2.45, 2.75) is 44.6 Å². The minimum absolute atomic E-state index is 0.157. The van der Waals surface area contributed by atoms with Crippen molar-refractivity contribution >= 4 is 11.8 Å².